The normalized spacial score (nSPS) is 25.3. The van der Waals surface area contributed by atoms with Crippen LogP contribution in [0.25, 0.3) is 0 Å². The van der Waals surface area contributed by atoms with Gasteiger partial charge in [0, 0.05) is 0 Å². The van der Waals surface area contributed by atoms with E-state index in [1.54, 1.807) is 0 Å². The lowest BCUT2D eigenvalue weighted by atomic mass is 9.97. The molecule has 0 bridgehead atoms. The van der Waals surface area contributed by atoms with E-state index < -0.39 is 15.4 Å². The van der Waals surface area contributed by atoms with Crippen molar-refractivity contribution < 1.29 is 13.0 Å². The highest BCUT2D eigenvalue weighted by molar-refractivity contribution is 7.86. The molecule has 1 N–H and O–H groups in total. The van der Waals surface area contributed by atoms with Crippen LogP contribution in [0.3, 0.4) is 0 Å². The predicted molar refractivity (Wildman–Crippen MR) is 47.5 cm³/mol. The van der Waals surface area contributed by atoms with E-state index >= 15 is 0 Å². The summed E-state index contributed by atoms with van der Waals surface area (Å²) in [5.74, 6) is 0. The second-order valence-corrected chi connectivity index (χ2v) is 4.89. The molecule has 0 fully saturated rings. The number of hydrogen-bond donors (Lipinski definition) is 1. The Labute approximate surface area is 72.5 Å². The first-order valence-corrected chi connectivity index (χ1v) is 5.21. The zero-order chi connectivity index (χ0) is 9.35. The van der Waals surface area contributed by atoms with Gasteiger partial charge < -0.3 is 0 Å². The van der Waals surface area contributed by atoms with E-state index in [0.717, 1.165) is 11.1 Å². The van der Waals surface area contributed by atoms with E-state index in [2.05, 4.69) is 6.58 Å². The van der Waals surface area contributed by atoms with Gasteiger partial charge in [-0.05, 0) is 19.8 Å². The summed E-state index contributed by atoms with van der Waals surface area (Å²) in [6.45, 7) is 5.51. The van der Waals surface area contributed by atoms with Crippen LogP contribution >= 0.6 is 0 Å². The minimum Gasteiger partial charge on any atom is -0.285 e. The highest BCUT2D eigenvalue weighted by Crippen LogP contribution is 2.25. The third kappa shape index (κ3) is 2.19. The van der Waals surface area contributed by atoms with Crippen molar-refractivity contribution in [3.8, 4) is 0 Å². The Hall–Kier alpha value is -0.610. The van der Waals surface area contributed by atoms with Gasteiger partial charge in [0.1, 0.15) is 0 Å². The van der Waals surface area contributed by atoms with Crippen LogP contribution in [0, 0.1) is 0 Å². The third-order valence-electron chi connectivity index (χ3n) is 1.91. The maximum Gasteiger partial charge on any atom is 0.268 e. The summed E-state index contributed by atoms with van der Waals surface area (Å²) < 4.78 is 30.3. The largest absolute Gasteiger partial charge is 0.285 e. The zero-order valence-corrected chi connectivity index (χ0v) is 7.76. The second-order valence-electron chi connectivity index (χ2n) is 3.19. The van der Waals surface area contributed by atoms with Gasteiger partial charge in [0.25, 0.3) is 10.1 Å². The van der Waals surface area contributed by atoms with Gasteiger partial charge in [-0.2, -0.15) is 8.42 Å². The molecule has 1 rings (SSSR count). The maximum absolute atomic E-state index is 10.8. The van der Waals surface area contributed by atoms with Gasteiger partial charge >= 0.3 is 0 Å². The monoisotopic (exact) mass is 188 g/mol. The molecule has 1 unspecified atom stereocenters. The molecule has 4 heteroatoms. The van der Waals surface area contributed by atoms with Gasteiger partial charge in [-0.3, -0.25) is 4.55 Å². The molecule has 0 saturated heterocycles. The van der Waals surface area contributed by atoms with Crippen LogP contribution in [-0.4, -0.2) is 18.2 Å². The van der Waals surface area contributed by atoms with E-state index in [4.69, 9.17) is 4.55 Å². The van der Waals surface area contributed by atoms with E-state index in [-0.39, 0.29) is 0 Å². The Balaban J connectivity index is 2.89. The average molecular weight is 188 g/mol. The first kappa shape index (κ1) is 9.48. The van der Waals surface area contributed by atoms with Gasteiger partial charge in [-0.25, -0.2) is 0 Å². The predicted octanol–water partition coefficient (Wildman–Crippen LogP) is 1.54. The summed E-state index contributed by atoms with van der Waals surface area (Å²) in [7, 11) is -3.89. The molecule has 0 saturated carbocycles. The molecule has 3 nitrogen and oxygen atoms in total. The summed E-state index contributed by atoms with van der Waals surface area (Å²) in [6, 6.07) is 0. The average Bonchev–Trinajstić information content (AvgIpc) is 1.82. The Morgan fingerprint density at radius 3 is 2.58 bits per heavy atom. The molecule has 12 heavy (non-hydrogen) atoms. The SMILES string of the molecule is C=C1C=C(C)CC(S(=O)(=O)O)C1. The van der Waals surface area contributed by atoms with E-state index in [1.165, 1.54) is 0 Å². The van der Waals surface area contributed by atoms with Crippen molar-refractivity contribution in [2.75, 3.05) is 0 Å². The molecule has 1 atom stereocenters. The number of hydrogen-bond acceptors (Lipinski definition) is 2. The lowest BCUT2D eigenvalue weighted by Crippen LogP contribution is -2.23. The fourth-order valence-corrected chi connectivity index (χ4v) is 2.30. The molecular formula is C8H12O3S. The summed E-state index contributed by atoms with van der Waals surface area (Å²) in [4.78, 5) is 0. The Kier molecular flexibility index (Phi) is 2.39. The quantitative estimate of drug-likeness (QED) is 0.635. The molecule has 68 valence electrons. The van der Waals surface area contributed by atoms with Crippen molar-refractivity contribution in [3.05, 3.63) is 23.8 Å². The van der Waals surface area contributed by atoms with Crippen molar-refractivity contribution in [1.82, 2.24) is 0 Å². The van der Waals surface area contributed by atoms with Crippen LogP contribution in [0.5, 0.6) is 0 Å². The van der Waals surface area contributed by atoms with Crippen molar-refractivity contribution in [2.24, 2.45) is 0 Å². The first-order valence-electron chi connectivity index (χ1n) is 3.71. The highest BCUT2D eigenvalue weighted by atomic mass is 32.2. The molecule has 0 heterocycles. The molecule has 0 aromatic carbocycles. The first-order chi connectivity index (χ1) is 5.39. The lowest BCUT2D eigenvalue weighted by Gasteiger charge is -2.19. The molecule has 0 spiro atoms. The highest BCUT2D eigenvalue weighted by Gasteiger charge is 2.26. The van der Waals surface area contributed by atoms with Crippen molar-refractivity contribution >= 4 is 10.1 Å². The number of rotatable bonds is 1. The van der Waals surface area contributed by atoms with Crippen LogP contribution < -0.4 is 0 Å². The third-order valence-corrected chi connectivity index (χ3v) is 3.09. The molecule has 1 aliphatic carbocycles. The smallest absolute Gasteiger partial charge is 0.268 e. The van der Waals surface area contributed by atoms with Crippen molar-refractivity contribution in [3.63, 3.8) is 0 Å². The fourth-order valence-electron chi connectivity index (χ4n) is 1.40. The zero-order valence-electron chi connectivity index (χ0n) is 6.95. The van der Waals surface area contributed by atoms with E-state index in [1.807, 2.05) is 13.0 Å². The van der Waals surface area contributed by atoms with E-state index in [0.29, 0.717) is 12.8 Å². The van der Waals surface area contributed by atoms with Crippen LogP contribution in [0.15, 0.2) is 23.8 Å². The number of allylic oxidation sites excluding steroid dienone is 3. The molecule has 0 aromatic heterocycles. The molecule has 0 radical (unpaired) electrons. The minimum absolute atomic E-state index is 0.343. The van der Waals surface area contributed by atoms with Crippen molar-refractivity contribution in [1.29, 1.82) is 0 Å². The Morgan fingerprint density at radius 1 is 1.58 bits per heavy atom. The Morgan fingerprint density at radius 2 is 2.17 bits per heavy atom. The summed E-state index contributed by atoms with van der Waals surface area (Å²) in [5, 5.41) is -0.685. The second kappa shape index (κ2) is 3.03. The van der Waals surface area contributed by atoms with Crippen LogP contribution in [0.2, 0.25) is 0 Å². The molecule has 0 aromatic rings. The summed E-state index contributed by atoms with van der Waals surface area (Å²) >= 11 is 0. The summed E-state index contributed by atoms with van der Waals surface area (Å²) in [6.07, 6.45) is 2.62. The van der Waals surface area contributed by atoms with Gasteiger partial charge in [0.05, 0.1) is 5.25 Å². The van der Waals surface area contributed by atoms with Gasteiger partial charge in [-0.15, -0.1) is 0 Å². The van der Waals surface area contributed by atoms with Crippen molar-refractivity contribution in [2.45, 2.75) is 25.0 Å². The topological polar surface area (TPSA) is 54.4 Å². The molecule has 0 amide bonds. The maximum atomic E-state index is 10.8. The minimum atomic E-state index is -3.89. The van der Waals surface area contributed by atoms with E-state index in [9.17, 15) is 8.42 Å². The van der Waals surface area contributed by atoms with Gasteiger partial charge in [-0.1, -0.05) is 23.8 Å². The Bertz CT molecular complexity index is 324. The fraction of sp³-hybridized carbons (Fsp3) is 0.500. The van der Waals surface area contributed by atoms with Crippen LogP contribution in [0.4, 0.5) is 0 Å². The molecule has 0 aliphatic heterocycles. The molecular weight excluding hydrogens is 176 g/mol. The standard InChI is InChI=1S/C8H12O3S/c1-6-3-7(2)5-8(4-6)12(9,10)11/h3,8H,1,4-5H2,2H3,(H,9,10,11). The van der Waals surface area contributed by atoms with Gasteiger partial charge in [0.2, 0.25) is 0 Å². The lowest BCUT2D eigenvalue weighted by molar-refractivity contribution is 0.463. The van der Waals surface area contributed by atoms with Crippen LogP contribution in [-0.2, 0) is 10.1 Å². The molecule has 1 aliphatic rings. The summed E-state index contributed by atoms with van der Waals surface area (Å²) in [5.41, 5.74) is 1.72. The van der Waals surface area contributed by atoms with Crippen LogP contribution in [0.1, 0.15) is 19.8 Å². The van der Waals surface area contributed by atoms with Gasteiger partial charge in [0.15, 0.2) is 0 Å².